The second-order valence-corrected chi connectivity index (χ2v) is 6.89. The number of carbonyl (C=O) groups is 3. The number of nitro benzene ring substituents is 1. The Morgan fingerprint density at radius 3 is 2.09 bits per heavy atom. The number of Topliss-reactive ketones (excluding diaryl/α,β-unsaturated/α-hetero) is 1. The van der Waals surface area contributed by atoms with Gasteiger partial charge in [0, 0.05) is 6.07 Å². The van der Waals surface area contributed by atoms with Crippen LogP contribution in [0.2, 0.25) is 5.02 Å². The van der Waals surface area contributed by atoms with Crippen molar-refractivity contribution >= 4 is 35.0 Å². The van der Waals surface area contributed by atoms with E-state index < -0.39 is 56.6 Å². The maximum Gasteiger partial charge on any atom is 0.416 e. The number of nitro groups is 1. The van der Waals surface area contributed by atoms with E-state index >= 15 is 0 Å². The van der Waals surface area contributed by atoms with Crippen LogP contribution in [0.3, 0.4) is 0 Å². The van der Waals surface area contributed by atoms with Gasteiger partial charge in [-0.3, -0.25) is 24.5 Å². The van der Waals surface area contributed by atoms with Crippen LogP contribution >= 0.6 is 11.6 Å². The molecular weight excluding hydrogens is 487 g/mol. The third-order valence-electron chi connectivity index (χ3n) is 4.22. The molecule has 0 saturated heterocycles. The SMILES string of the molecule is CCOC(=O)C(C(=O)OCC)C(=O)c1cc(Oc2ccc(C(F)(F)F)cc2Cl)ccc1[N+](=O)[O-]. The Morgan fingerprint density at radius 1 is 1.03 bits per heavy atom. The van der Waals surface area contributed by atoms with E-state index in [2.05, 4.69) is 0 Å². The Bertz CT molecular complexity index is 1100. The highest BCUT2D eigenvalue weighted by atomic mass is 35.5. The van der Waals surface area contributed by atoms with Crippen LogP contribution in [0, 0.1) is 16.0 Å². The van der Waals surface area contributed by atoms with Crippen molar-refractivity contribution in [1.29, 1.82) is 0 Å². The van der Waals surface area contributed by atoms with Crippen molar-refractivity contribution in [1.82, 2.24) is 0 Å². The molecule has 13 heteroatoms. The molecule has 0 aliphatic carbocycles. The number of halogens is 4. The zero-order chi connectivity index (χ0) is 25.6. The number of rotatable bonds is 9. The fourth-order valence-corrected chi connectivity index (χ4v) is 2.96. The van der Waals surface area contributed by atoms with Gasteiger partial charge in [0.1, 0.15) is 17.1 Å². The van der Waals surface area contributed by atoms with Crippen molar-refractivity contribution in [3.63, 3.8) is 0 Å². The standard InChI is InChI=1S/C21H17ClF3NO8/c1-3-32-19(28)17(20(29)33-4-2)18(27)13-10-12(6-7-15(13)26(30)31)34-16-8-5-11(9-14(16)22)21(23,24)25/h5-10,17H,3-4H2,1-2H3. The zero-order valence-corrected chi connectivity index (χ0v) is 18.4. The van der Waals surface area contributed by atoms with Crippen LogP contribution in [0.4, 0.5) is 18.9 Å². The van der Waals surface area contributed by atoms with E-state index in [1.54, 1.807) is 0 Å². The van der Waals surface area contributed by atoms with E-state index in [0.717, 1.165) is 24.3 Å². The van der Waals surface area contributed by atoms with Crippen LogP contribution < -0.4 is 4.74 Å². The predicted molar refractivity (Wildman–Crippen MR) is 111 cm³/mol. The molecule has 0 radical (unpaired) electrons. The van der Waals surface area contributed by atoms with Crippen molar-refractivity contribution in [2.24, 2.45) is 5.92 Å². The van der Waals surface area contributed by atoms with Crippen molar-refractivity contribution in [3.8, 4) is 11.5 Å². The van der Waals surface area contributed by atoms with Gasteiger partial charge in [0.05, 0.1) is 28.7 Å². The molecule has 0 N–H and O–H groups in total. The third kappa shape index (κ3) is 6.22. The van der Waals surface area contributed by atoms with E-state index in [-0.39, 0.29) is 24.7 Å². The largest absolute Gasteiger partial charge is 0.465 e. The van der Waals surface area contributed by atoms with Gasteiger partial charge < -0.3 is 14.2 Å². The number of benzene rings is 2. The first-order chi connectivity index (χ1) is 15.9. The number of alkyl halides is 3. The van der Waals surface area contributed by atoms with Gasteiger partial charge in [-0.1, -0.05) is 11.6 Å². The number of ketones is 1. The summed E-state index contributed by atoms with van der Waals surface area (Å²) >= 11 is 5.85. The molecule has 0 unspecified atom stereocenters. The molecule has 0 aliphatic rings. The van der Waals surface area contributed by atoms with Crippen LogP contribution in [0.5, 0.6) is 11.5 Å². The minimum atomic E-state index is -4.65. The summed E-state index contributed by atoms with van der Waals surface area (Å²) in [6.07, 6.45) is -4.65. The van der Waals surface area contributed by atoms with Gasteiger partial charge in [0.2, 0.25) is 5.92 Å². The van der Waals surface area contributed by atoms with Crippen molar-refractivity contribution < 1.29 is 46.7 Å². The van der Waals surface area contributed by atoms with Crippen molar-refractivity contribution in [3.05, 3.63) is 62.7 Å². The normalized spacial score (nSPS) is 11.1. The molecule has 0 amide bonds. The minimum absolute atomic E-state index is 0.181. The van der Waals surface area contributed by atoms with Gasteiger partial charge >= 0.3 is 18.1 Å². The molecule has 34 heavy (non-hydrogen) atoms. The van der Waals surface area contributed by atoms with Crippen LogP contribution in [-0.2, 0) is 25.2 Å². The molecule has 0 fully saturated rings. The Balaban J connectivity index is 2.50. The summed E-state index contributed by atoms with van der Waals surface area (Å²) in [6.45, 7) is 2.49. The predicted octanol–water partition coefficient (Wildman–Crippen LogP) is 4.98. The van der Waals surface area contributed by atoms with E-state index in [1.165, 1.54) is 13.8 Å². The monoisotopic (exact) mass is 503 g/mol. The highest BCUT2D eigenvalue weighted by Crippen LogP contribution is 2.37. The smallest absolute Gasteiger partial charge is 0.416 e. The van der Waals surface area contributed by atoms with Crippen LogP contribution in [0.1, 0.15) is 29.8 Å². The van der Waals surface area contributed by atoms with E-state index in [0.29, 0.717) is 12.1 Å². The lowest BCUT2D eigenvalue weighted by Crippen LogP contribution is -2.35. The average Bonchev–Trinajstić information content (AvgIpc) is 2.74. The molecule has 2 aromatic rings. The number of ether oxygens (including phenoxy) is 3. The molecule has 0 spiro atoms. The summed E-state index contributed by atoms with van der Waals surface area (Å²) in [5.41, 5.74) is -2.47. The summed E-state index contributed by atoms with van der Waals surface area (Å²) in [5, 5.41) is 11.0. The van der Waals surface area contributed by atoms with Crippen LogP contribution in [0.25, 0.3) is 0 Å². The number of esters is 2. The van der Waals surface area contributed by atoms with Gasteiger partial charge in [-0.2, -0.15) is 13.2 Å². The van der Waals surface area contributed by atoms with E-state index in [4.69, 9.17) is 25.8 Å². The van der Waals surface area contributed by atoms with Gasteiger partial charge in [-0.15, -0.1) is 0 Å². The molecule has 0 aliphatic heterocycles. The molecule has 0 atom stereocenters. The fourth-order valence-electron chi connectivity index (χ4n) is 2.74. The van der Waals surface area contributed by atoms with E-state index in [9.17, 15) is 37.7 Å². The second-order valence-electron chi connectivity index (χ2n) is 6.48. The first-order valence-corrected chi connectivity index (χ1v) is 9.99. The third-order valence-corrected chi connectivity index (χ3v) is 4.52. The molecule has 0 aromatic heterocycles. The fraction of sp³-hybridized carbons (Fsp3) is 0.286. The molecule has 0 bridgehead atoms. The highest BCUT2D eigenvalue weighted by Gasteiger charge is 2.40. The van der Waals surface area contributed by atoms with Gasteiger partial charge in [0.15, 0.2) is 5.78 Å². The summed E-state index contributed by atoms with van der Waals surface area (Å²) in [6, 6.07) is 5.04. The van der Waals surface area contributed by atoms with Crippen LogP contribution in [0.15, 0.2) is 36.4 Å². The number of hydrogen-bond donors (Lipinski definition) is 0. The van der Waals surface area contributed by atoms with E-state index in [1.807, 2.05) is 0 Å². The quantitative estimate of drug-likeness (QED) is 0.154. The Hall–Kier alpha value is -3.67. The first kappa shape index (κ1) is 26.6. The second kappa shape index (κ2) is 11.0. The molecule has 182 valence electrons. The lowest BCUT2D eigenvalue weighted by Gasteiger charge is -2.15. The number of hydrogen-bond acceptors (Lipinski definition) is 8. The number of nitrogens with zero attached hydrogens (tertiary/aromatic N) is 1. The average molecular weight is 504 g/mol. The number of carbonyl (C=O) groups excluding carboxylic acids is 3. The molecule has 0 saturated carbocycles. The molecular formula is C21H17ClF3NO8. The maximum atomic E-state index is 13.0. The lowest BCUT2D eigenvalue weighted by atomic mass is 9.96. The minimum Gasteiger partial charge on any atom is -0.465 e. The van der Waals surface area contributed by atoms with Crippen molar-refractivity contribution in [2.45, 2.75) is 20.0 Å². The van der Waals surface area contributed by atoms with Gasteiger partial charge in [-0.25, -0.2) is 0 Å². The van der Waals surface area contributed by atoms with Gasteiger partial charge in [0.25, 0.3) is 5.69 Å². The zero-order valence-electron chi connectivity index (χ0n) is 17.7. The van der Waals surface area contributed by atoms with Crippen LogP contribution in [-0.4, -0.2) is 35.9 Å². The summed E-state index contributed by atoms with van der Waals surface area (Å²) in [5.74, 6) is -6.43. The van der Waals surface area contributed by atoms with Crippen molar-refractivity contribution in [2.75, 3.05) is 13.2 Å². The first-order valence-electron chi connectivity index (χ1n) is 9.61. The van der Waals surface area contributed by atoms with Gasteiger partial charge in [-0.05, 0) is 44.2 Å². The maximum absolute atomic E-state index is 13.0. The molecule has 2 aromatic carbocycles. The molecule has 0 heterocycles. The molecule has 2 rings (SSSR count). The summed E-state index contributed by atoms with van der Waals surface area (Å²) in [4.78, 5) is 48.0. The Labute approximate surface area is 195 Å². The molecule has 9 nitrogen and oxygen atoms in total. The summed E-state index contributed by atoms with van der Waals surface area (Å²) < 4.78 is 53.3. The Morgan fingerprint density at radius 2 is 1.62 bits per heavy atom. The Kier molecular flexibility index (Phi) is 8.57. The topological polar surface area (TPSA) is 122 Å². The lowest BCUT2D eigenvalue weighted by molar-refractivity contribution is -0.385. The highest BCUT2D eigenvalue weighted by molar-refractivity contribution is 6.32. The summed E-state index contributed by atoms with van der Waals surface area (Å²) in [7, 11) is 0.